The maximum absolute atomic E-state index is 12.9. The number of nitrogens with one attached hydrogen (secondary N) is 1. The number of fused-ring (bicyclic) bond motifs is 1. The van der Waals surface area contributed by atoms with Crippen LogP contribution in [0.15, 0.2) is 66.7 Å². The molecular formula is C23H20F3NO3. The van der Waals surface area contributed by atoms with E-state index in [2.05, 4.69) is 5.32 Å². The molecule has 7 heteroatoms. The lowest BCUT2D eigenvalue weighted by molar-refractivity contribution is -0.145. The number of esters is 1. The molecule has 0 aliphatic carbocycles. The fourth-order valence-corrected chi connectivity index (χ4v) is 3.23. The predicted octanol–water partition coefficient (Wildman–Crippen LogP) is 4.30. The zero-order chi connectivity index (χ0) is 21.7. The van der Waals surface area contributed by atoms with Gasteiger partial charge in [0, 0.05) is 6.42 Å². The van der Waals surface area contributed by atoms with Crippen LogP contribution in [0.5, 0.6) is 0 Å². The normalized spacial score (nSPS) is 12.4. The highest BCUT2D eigenvalue weighted by Gasteiger charge is 2.30. The van der Waals surface area contributed by atoms with Gasteiger partial charge in [0.15, 0.2) is 0 Å². The van der Waals surface area contributed by atoms with Crippen molar-refractivity contribution in [1.82, 2.24) is 5.32 Å². The summed E-state index contributed by atoms with van der Waals surface area (Å²) in [5.41, 5.74) is 0.202. The van der Waals surface area contributed by atoms with E-state index >= 15 is 0 Å². The van der Waals surface area contributed by atoms with Crippen molar-refractivity contribution in [2.75, 3.05) is 7.11 Å². The molecule has 0 spiro atoms. The third-order valence-corrected chi connectivity index (χ3v) is 4.69. The van der Waals surface area contributed by atoms with Gasteiger partial charge in [0.25, 0.3) is 0 Å². The Morgan fingerprint density at radius 1 is 0.933 bits per heavy atom. The molecule has 0 aliphatic rings. The Hall–Kier alpha value is -3.35. The number of hydrogen-bond acceptors (Lipinski definition) is 3. The summed E-state index contributed by atoms with van der Waals surface area (Å²) in [4.78, 5) is 24.6. The zero-order valence-electron chi connectivity index (χ0n) is 16.2. The first kappa shape index (κ1) is 21.4. The molecule has 3 aromatic rings. The van der Waals surface area contributed by atoms with E-state index in [-0.39, 0.29) is 18.4 Å². The van der Waals surface area contributed by atoms with Crippen LogP contribution in [0.25, 0.3) is 10.8 Å². The van der Waals surface area contributed by atoms with Crippen molar-refractivity contribution in [2.45, 2.75) is 25.1 Å². The molecule has 0 aromatic heterocycles. The van der Waals surface area contributed by atoms with Gasteiger partial charge in [0.05, 0.1) is 19.1 Å². The van der Waals surface area contributed by atoms with Crippen LogP contribution in [0.1, 0.15) is 16.7 Å². The molecule has 156 valence electrons. The quantitative estimate of drug-likeness (QED) is 0.611. The second-order valence-corrected chi connectivity index (χ2v) is 6.90. The first-order valence-corrected chi connectivity index (χ1v) is 9.27. The highest BCUT2D eigenvalue weighted by atomic mass is 19.4. The van der Waals surface area contributed by atoms with Crippen LogP contribution >= 0.6 is 0 Å². The fourth-order valence-electron chi connectivity index (χ4n) is 3.23. The monoisotopic (exact) mass is 415 g/mol. The average Bonchev–Trinajstić information content (AvgIpc) is 2.72. The van der Waals surface area contributed by atoms with Crippen molar-refractivity contribution in [1.29, 1.82) is 0 Å². The van der Waals surface area contributed by atoms with Crippen molar-refractivity contribution < 1.29 is 27.5 Å². The van der Waals surface area contributed by atoms with Crippen molar-refractivity contribution >= 4 is 22.6 Å². The summed E-state index contributed by atoms with van der Waals surface area (Å²) in [6.45, 7) is 0. The molecule has 30 heavy (non-hydrogen) atoms. The molecule has 3 aromatic carbocycles. The predicted molar refractivity (Wildman–Crippen MR) is 107 cm³/mol. The summed E-state index contributed by atoms with van der Waals surface area (Å²) in [6.07, 6.45) is -4.57. The Morgan fingerprint density at radius 2 is 1.67 bits per heavy atom. The van der Waals surface area contributed by atoms with Gasteiger partial charge in [-0.25, -0.2) is 4.79 Å². The number of alkyl halides is 3. The van der Waals surface area contributed by atoms with Gasteiger partial charge in [0.1, 0.15) is 6.04 Å². The van der Waals surface area contributed by atoms with Crippen LogP contribution in [0.3, 0.4) is 0 Å². The molecule has 0 fully saturated rings. The van der Waals surface area contributed by atoms with Crippen LogP contribution in [0, 0.1) is 0 Å². The van der Waals surface area contributed by atoms with Gasteiger partial charge in [-0.15, -0.1) is 0 Å². The highest BCUT2D eigenvalue weighted by Crippen LogP contribution is 2.29. The number of carbonyl (C=O) groups is 2. The van der Waals surface area contributed by atoms with E-state index in [1.807, 2.05) is 42.5 Å². The van der Waals surface area contributed by atoms with E-state index in [1.54, 1.807) is 0 Å². The Labute approximate surface area is 171 Å². The largest absolute Gasteiger partial charge is 0.467 e. The molecule has 1 atom stereocenters. The summed E-state index contributed by atoms with van der Waals surface area (Å²) >= 11 is 0. The van der Waals surface area contributed by atoms with Crippen LogP contribution in [0.4, 0.5) is 13.2 Å². The van der Waals surface area contributed by atoms with Gasteiger partial charge in [-0.1, -0.05) is 60.7 Å². The van der Waals surface area contributed by atoms with Crippen molar-refractivity contribution in [2.24, 2.45) is 0 Å². The maximum atomic E-state index is 12.9. The molecule has 0 saturated heterocycles. The van der Waals surface area contributed by atoms with Gasteiger partial charge < -0.3 is 10.1 Å². The van der Waals surface area contributed by atoms with Gasteiger partial charge in [-0.2, -0.15) is 13.2 Å². The Bertz CT molecular complexity index is 1060. The molecule has 0 unspecified atom stereocenters. The summed E-state index contributed by atoms with van der Waals surface area (Å²) in [5.74, 6) is -1.19. The standard InChI is InChI=1S/C23H20F3NO3/c1-30-22(29)20(13-16-9-10-17-6-2-3-7-18(17)11-16)27-21(28)14-15-5-4-8-19(12-15)23(24,25)26/h2-12,20H,13-14H2,1H3,(H,27,28)/t20-/m1/s1. The minimum Gasteiger partial charge on any atom is -0.467 e. The van der Waals surface area contributed by atoms with Gasteiger partial charge >= 0.3 is 12.1 Å². The molecule has 4 nitrogen and oxygen atoms in total. The smallest absolute Gasteiger partial charge is 0.416 e. The van der Waals surface area contributed by atoms with Gasteiger partial charge in [0.2, 0.25) is 5.91 Å². The lowest BCUT2D eigenvalue weighted by Gasteiger charge is -2.17. The number of rotatable bonds is 6. The number of methoxy groups -OCH3 is 1. The fraction of sp³-hybridized carbons (Fsp3) is 0.217. The van der Waals surface area contributed by atoms with Crippen molar-refractivity contribution in [3.05, 3.63) is 83.4 Å². The molecule has 0 heterocycles. The number of ether oxygens (including phenoxy) is 1. The van der Waals surface area contributed by atoms with Gasteiger partial charge in [-0.3, -0.25) is 4.79 Å². The molecule has 3 rings (SSSR count). The molecular weight excluding hydrogens is 395 g/mol. The van der Waals surface area contributed by atoms with E-state index in [0.717, 1.165) is 28.5 Å². The third-order valence-electron chi connectivity index (χ3n) is 4.69. The van der Waals surface area contributed by atoms with E-state index in [9.17, 15) is 22.8 Å². The molecule has 1 amide bonds. The first-order valence-electron chi connectivity index (χ1n) is 9.27. The Kier molecular flexibility index (Phi) is 6.40. The van der Waals surface area contributed by atoms with Gasteiger partial charge in [-0.05, 0) is 28.0 Å². The lowest BCUT2D eigenvalue weighted by atomic mass is 10.0. The number of hydrogen-bond donors (Lipinski definition) is 1. The second-order valence-electron chi connectivity index (χ2n) is 6.90. The van der Waals surface area contributed by atoms with Crippen LogP contribution in [-0.2, 0) is 33.3 Å². The number of benzene rings is 3. The number of halogens is 3. The van der Waals surface area contributed by atoms with E-state index in [0.29, 0.717) is 0 Å². The van der Waals surface area contributed by atoms with E-state index in [4.69, 9.17) is 4.74 Å². The average molecular weight is 415 g/mol. The summed E-state index contributed by atoms with van der Waals surface area (Å²) in [7, 11) is 1.22. The third kappa shape index (κ3) is 5.37. The number of carbonyl (C=O) groups excluding carboxylic acids is 2. The second kappa shape index (κ2) is 8.98. The first-order chi connectivity index (χ1) is 14.3. The topological polar surface area (TPSA) is 55.4 Å². The molecule has 1 N–H and O–H groups in total. The molecule has 0 saturated carbocycles. The summed E-state index contributed by atoms with van der Waals surface area (Å²) in [5, 5.41) is 4.62. The Balaban J connectivity index is 1.72. The molecule has 0 aliphatic heterocycles. The van der Waals surface area contributed by atoms with Crippen molar-refractivity contribution in [3.63, 3.8) is 0 Å². The summed E-state index contributed by atoms with van der Waals surface area (Å²) in [6, 6.07) is 17.0. The summed E-state index contributed by atoms with van der Waals surface area (Å²) < 4.78 is 43.4. The number of amides is 1. The van der Waals surface area contributed by atoms with E-state index in [1.165, 1.54) is 19.2 Å². The lowest BCUT2D eigenvalue weighted by Crippen LogP contribution is -2.43. The minimum atomic E-state index is -4.49. The minimum absolute atomic E-state index is 0.200. The van der Waals surface area contributed by atoms with Crippen LogP contribution in [0.2, 0.25) is 0 Å². The zero-order valence-corrected chi connectivity index (χ0v) is 16.2. The Morgan fingerprint density at radius 3 is 2.37 bits per heavy atom. The van der Waals surface area contributed by atoms with Crippen molar-refractivity contribution in [3.8, 4) is 0 Å². The SMILES string of the molecule is COC(=O)[C@@H](Cc1ccc2ccccc2c1)NC(=O)Cc1cccc(C(F)(F)F)c1. The van der Waals surface area contributed by atoms with Crippen LogP contribution < -0.4 is 5.32 Å². The molecule has 0 bridgehead atoms. The maximum Gasteiger partial charge on any atom is 0.416 e. The molecule has 0 radical (unpaired) electrons. The van der Waals surface area contributed by atoms with Crippen LogP contribution in [-0.4, -0.2) is 25.0 Å². The highest BCUT2D eigenvalue weighted by molar-refractivity contribution is 5.86. The van der Waals surface area contributed by atoms with E-state index < -0.39 is 29.7 Å².